The number of carboxylic acid groups (broad SMARTS) is 1. The van der Waals surface area contributed by atoms with Crippen LogP contribution < -0.4 is 0 Å². The summed E-state index contributed by atoms with van der Waals surface area (Å²) in [7, 11) is 0. The molecule has 2 unspecified atom stereocenters. The van der Waals surface area contributed by atoms with E-state index < -0.39 is 5.97 Å². The fourth-order valence-corrected chi connectivity index (χ4v) is 4.30. The quantitative estimate of drug-likeness (QED) is 0.928. The van der Waals surface area contributed by atoms with Gasteiger partial charge in [-0.2, -0.15) is 0 Å². The Morgan fingerprint density at radius 2 is 2.30 bits per heavy atom. The topological polar surface area (TPSA) is 40.5 Å². The SMILES string of the molecule is CC(c1cc2ccccc2s1)N1CCCC1CC(=O)O. The van der Waals surface area contributed by atoms with E-state index >= 15 is 0 Å². The summed E-state index contributed by atoms with van der Waals surface area (Å²) >= 11 is 1.82. The van der Waals surface area contributed by atoms with Gasteiger partial charge < -0.3 is 5.11 Å². The highest BCUT2D eigenvalue weighted by atomic mass is 32.1. The standard InChI is InChI=1S/C16H19NO2S/c1-11(17-8-4-6-13(17)10-16(18)19)15-9-12-5-2-3-7-14(12)20-15/h2-3,5,7,9,11,13H,4,6,8,10H2,1H3,(H,18,19). The number of rotatable bonds is 4. The van der Waals surface area contributed by atoms with Gasteiger partial charge in [0.15, 0.2) is 0 Å². The first-order valence-electron chi connectivity index (χ1n) is 7.11. The van der Waals surface area contributed by atoms with Crippen LogP contribution in [0.5, 0.6) is 0 Å². The second-order valence-corrected chi connectivity index (χ2v) is 6.61. The van der Waals surface area contributed by atoms with Gasteiger partial charge in [0, 0.05) is 21.7 Å². The summed E-state index contributed by atoms with van der Waals surface area (Å²) in [5.74, 6) is -0.689. The average Bonchev–Trinajstić information content (AvgIpc) is 3.03. The molecular formula is C16H19NO2S. The molecule has 2 heterocycles. The molecule has 0 amide bonds. The number of benzene rings is 1. The van der Waals surface area contributed by atoms with Crippen molar-refractivity contribution in [2.45, 2.75) is 38.3 Å². The lowest BCUT2D eigenvalue weighted by Crippen LogP contribution is -2.33. The van der Waals surface area contributed by atoms with E-state index in [9.17, 15) is 4.79 Å². The number of likely N-dealkylation sites (tertiary alicyclic amines) is 1. The van der Waals surface area contributed by atoms with E-state index in [1.54, 1.807) is 0 Å². The van der Waals surface area contributed by atoms with Crippen molar-refractivity contribution in [2.24, 2.45) is 0 Å². The van der Waals surface area contributed by atoms with Gasteiger partial charge in [0.05, 0.1) is 6.42 Å². The molecular weight excluding hydrogens is 270 g/mol. The van der Waals surface area contributed by atoms with Gasteiger partial charge in [0.1, 0.15) is 0 Å². The minimum Gasteiger partial charge on any atom is -0.481 e. The molecule has 4 heteroatoms. The third-order valence-electron chi connectivity index (χ3n) is 4.19. The maximum absolute atomic E-state index is 11.0. The highest BCUT2D eigenvalue weighted by Gasteiger charge is 2.31. The van der Waals surface area contributed by atoms with Crippen LogP contribution in [-0.4, -0.2) is 28.6 Å². The smallest absolute Gasteiger partial charge is 0.304 e. The summed E-state index contributed by atoms with van der Waals surface area (Å²) < 4.78 is 1.31. The lowest BCUT2D eigenvalue weighted by atomic mass is 10.1. The van der Waals surface area contributed by atoms with Crippen molar-refractivity contribution in [2.75, 3.05) is 6.54 Å². The monoisotopic (exact) mass is 289 g/mol. The first kappa shape index (κ1) is 13.6. The molecule has 0 radical (unpaired) electrons. The summed E-state index contributed by atoms with van der Waals surface area (Å²) in [6, 6.07) is 11.2. The molecule has 1 aromatic carbocycles. The zero-order valence-electron chi connectivity index (χ0n) is 11.6. The van der Waals surface area contributed by atoms with Crippen molar-refractivity contribution in [3.05, 3.63) is 35.2 Å². The predicted molar refractivity (Wildman–Crippen MR) is 82.2 cm³/mol. The van der Waals surface area contributed by atoms with Crippen LogP contribution in [0.1, 0.15) is 37.1 Å². The van der Waals surface area contributed by atoms with Crippen LogP contribution in [0.2, 0.25) is 0 Å². The summed E-state index contributed by atoms with van der Waals surface area (Å²) in [6.07, 6.45) is 2.37. The normalized spacial score (nSPS) is 21.4. The lowest BCUT2D eigenvalue weighted by molar-refractivity contribution is -0.138. The van der Waals surface area contributed by atoms with Crippen molar-refractivity contribution < 1.29 is 9.90 Å². The molecule has 3 rings (SSSR count). The van der Waals surface area contributed by atoms with Crippen LogP contribution in [0.3, 0.4) is 0 Å². The maximum atomic E-state index is 11.0. The number of thiophene rings is 1. The molecule has 1 aliphatic rings. The van der Waals surface area contributed by atoms with Crippen molar-refractivity contribution in [3.63, 3.8) is 0 Å². The maximum Gasteiger partial charge on any atom is 0.304 e. The first-order chi connectivity index (χ1) is 9.65. The average molecular weight is 289 g/mol. The molecule has 20 heavy (non-hydrogen) atoms. The molecule has 0 aliphatic carbocycles. The zero-order chi connectivity index (χ0) is 14.1. The Kier molecular flexibility index (Phi) is 3.76. The summed E-state index contributed by atoms with van der Waals surface area (Å²) in [4.78, 5) is 14.7. The van der Waals surface area contributed by atoms with Crippen LogP contribution in [0.25, 0.3) is 10.1 Å². The number of hydrogen-bond acceptors (Lipinski definition) is 3. The Balaban J connectivity index is 1.83. The highest BCUT2D eigenvalue weighted by molar-refractivity contribution is 7.19. The van der Waals surface area contributed by atoms with Crippen LogP contribution in [-0.2, 0) is 4.79 Å². The molecule has 0 saturated carbocycles. The summed E-state index contributed by atoms with van der Waals surface area (Å²) in [5, 5.41) is 10.3. The van der Waals surface area contributed by atoms with E-state index in [1.807, 2.05) is 11.3 Å². The number of nitrogens with zero attached hydrogens (tertiary/aromatic N) is 1. The number of carbonyl (C=O) groups is 1. The molecule has 0 bridgehead atoms. The largest absolute Gasteiger partial charge is 0.481 e. The van der Waals surface area contributed by atoms with Crippen LogP contribution in [0.15, 0.2) is 30.3 Å². The molecule has 1 N–H and O–H groups in total. The van der Waals surface area contributed by atoms with Crippen molar-refractivity contribution in [3.8, 4) is 0 Å². The third-order valence-corrected chi connectivity index (χ3v) is 5.47. The fourth-order valence-electron chi connectivity index (χ4n) is 3.16. The van der Waals surface area contributed by atoms with Crippen molar-refractivity contribution in [1.82, 2.24) is 4.90 Å². The third kappa shape index (κ3) is 2.58. The molecule has 2 atom stereocenters. The Morgan fingerprint density at radius 3 is 3.05 bits per heavy atom. The van der Waals surface area contributed by atoms with Crippen LogP contribution in [0, 0.1) is 0 Å². The molecule has 3 nitrogen and oxygen atoms in total. The van der Waals surface area contributed by atoms with E-state index in [4.69, 9.17) is 5.11 Å². The molecule has 1 aliphatic heterocycles. The van der Waals surface area contributed by atoms with Gasteiger partial charge in [-0.05, 0) is 43.8 Å². The first-order valence-corrected chi connectivity index (χ1v) is 7.93. The van der Waals surface area contributed by atoms with Crippen LogP contribution >= 0.6 is 11.3 Å². The van der Waals surface area contributed by atoms with Gasteiger partial charge in [-0.15, -0.1) is 11.3 Å². The van der Waals surface area contributed by atoms with Gasteiger partial charge in [0.25, 0.3) is 0 Å². The second-order valence-electron chi connectivity index (χ2n) is 5.49. The number of fused-ring (bicyclic) bond motifs is 1. The molecule has 1 fully saturated rings. The molecule has 0 spiro atoms. The molecule has 1 saturated heterocycles. The minimum absolute atomic E-state index is 0.188. The van der Waals surface area contributed by atoms with Gasteiger partial charge in [-0.3, -0.25) is 9.69 Å². The van der Waals surface area contributed by atoms with Gasteiger partial charge in [-0.25, -0.2) is 0 Å². The Bertz CT molecular complexity index is 589. The van der Waals surface area contributed by atoms with E-state index in [0.717, 1.165) is 19.4 Å². The van der Waals surface area contributed by atoms with Crippen molar-refractivity contribution >= 4 is 27.4 Å². The van der Waals surface area contributed by atoms with Crippen molar-refractivity contribution in [1.29, 1.82) is 0 Å². The highest BCUT2D eigenvalue weighted by Crippen LogP contribution is 2.36. The Labute approximate surface area is 122 Å². The van der Waals surface area contributed by atoms with Gasteiger partial charge in [-0.1, -0.05) is 18.2 Å². The second kappa shape index (κ2) is 5.54. The van der Waals surface area contributed by atoms with Gasteiger partial charge in [0.2, 0.25) is 0 Å². The number of hydrogen-bond donors (Lipinski definition) is 1. The molecule has 106 valence electrons. The summed E-state index contributed by atoms with van der Waals surface area (Å²) in [6.45, 7) is 3.21. The van der Waals surface area contributed by atoms with E-state index in [1.165, 1.54) is 15.0 Å². The fraction of sp³-hybridized carbons (Fsp3) is 0.438. The number of carboxylic acids is 1. The summed E-state index contributed by atoms with van der Waals surface area (Å²) in [5.41, 5.74) is 0. The Hall–Kier alpha value is -1.39. The van der Waals surface area contributed by atoms with E-state index in [0.29, 0.717) is 6.04 Å². The van der Waals surface area contributed by atoms with Crippen LogP contribution in [0.4, 0.5) is 0 Å². The molecule has 2 aromatic rings. The molecule has 1 aromatic heterocycles. The lowest BCUT2D eigenvalue weighted by Gasteiger charge is -2.29. The van der Waals surface area contributed by atoms with E-state index in [-0.39, 0.29) is 12.5 Å². The number of aliphatic carboxylic acids is 1. The van der Waals surface area contributed by atoms with E-state index in [2.05, 4.69) is 42.2 Å². The zero-order valence-corrected chi connectivity index (χ0v) is 12.4. The minimum atomic E-state index is -0.689. The Morgan fingerprint density at radius 1 is 1.50 bits per heavy atom. The predicted octanol–water partition coefficient (Wildman–Crippen LogP) is 3.90. The van der Waals surface area contributed by atoms with Gasteiger partial charge >= 0.3 is 5.97 Å².